The lowest BCUT2D eigenvalue weighted by atomic mass is 9.45. The average molecular weight is 629 g/mol. The van der Waals surface area contributed by atoms with Crippen molar-refractivity contribution in [2.24, 2.45) is 28.6 Å². The highest BCUT2D eigenvalue weighted by atomic mass is 16.5. The molecule has 0 amide bonds. The zero-order valence-electron chi connectivity index (χ0n) is 28.9. The van der Waals surface area contributed by atoms with E-state index in [9.17, 15) is 24.6 Å². The molecule has 0 aliphatic heterocycles. The molecule has 4 aliphatic rings. The third kappa shape index (κ3) is 8.31. The van der Waals surface area contributed by atoms with E-state index < -0.39 is 29.5 Å². The van der Waals surface area contributed by atoms with E-state index in [-0.39, 0.29) is 34.9 Å². The number of aliphatic hydroxyl groups excluding tert-OH is 1. The standard InChI is InChI=1S/C39H64O6/c1-4-5-6-7-8-9-10-11-12-13-14-15-16-17-18-19-35(43)45-28-34(42)39(44)25-23-32-31-21-20-29-26-30(40)22-24-37(29,2)36(31)33(41)27-38(32,39)3/h26,31-33,36,41,44H,4-25,27-28H2,1-3H3/t31-,32-,33-,36+,37-,38-,39-/m0/s1. The van der Waals surface area contributed by atoms with Gasteiger partial charge in [0, 0.05) is 18.3 Å². The van der Waals surface area contributed by atoms with Crippen molar-refractivity contribution in [3.8, 4) is 0 Å². The van der Waals surface area contributed by atoms with Crippen LogP contribution in [0.3, 0.4) is 0 Å². The van der Waals surface area contributed by atoms with Crippen LogP contribution in [0, 0.1) is 28.6 Å². The predicted molar refractivity (Wildman–Crippen MR) is 179 cm³/mol. The van der Waals surface area contributed by atoms with E-state index in [1.54, 1.807) is 0 Å². The molecule has 6 nitrogen and oxygen atoms in total. The van der Waals surface area contributed by atoms with Crippen molar-refractivity contribution in [1.29, 1.82) is 0 Å². The van der Waals surface area contributed by atoms with Crippen LogP contribution in [0.15, 0.2) is 11.6 Å². The lowest BCUT2D eigenvalue weighted by molar-refractivity contribution is -0.184. The summed E-state index contributed by atoms with van der Waals surface area (Å²) >= 11 is 0. The highest BCUT2D eigenvalue weighted by Gasteiger charge is 2.68. The Morgan fingerprint density at radius 1 is 0.844 bits per heavy atom. The summed E-state index contributed by atoms with van der Waals surface area (Å²) in [4.78, 5) is 38.1. The third-order valence-electron chi connectivity index (χ3n) is 12.9. The number of esters is 1. The summed E-state index contributed by atoms with van der Waals surface area (Å²) in [5.74, 6) is -0.249. The highest BCUT2D eigenvalue weighted by molar-refractivity contribution is 5.92. The van der Waals surface area contributed by atoms with E-state index in [1.165, 1.54) is 82.6 Å². The topological polar surface area (TPSA) is 101 Å². The van der Waals surface area contributed by atoms with Gasteiger partial charge >= 0.3 is 5.97 Å². The Balaban J connectivity index is 1.12. The third-order valence-corrected chi connectivity index (χ3v) is 12.9. The van der Waals surface area contributed by atoms with E-state index >= 15 is 0 Å². The molecule has 0 aromatic rings. The number of carbonyl (C=O) groups is 3. The van der Waals surface area contributed by atoms with Crippen molar-refractivity contribution in [2.75, 3.05) is 6.61 Å². The van der Waals surface area contributed by atoms with Crippen LogP contribution in [0.2, 0.25) is 0 Å². The number of carbonyl (C=O) groups excluding carboxylic acids is 3. The van der Waals surface area contributed by atoms with Gasteiger partial charge in [-0.3, -0.25) is 14.4 Å². The van der Waals surface area contributed by atoms with Gasteiger partial charge in [0.1, 0.15) is 5.60 Å². The van der Waals surface area contributed by atoms with E-state index in [1.807, 2.05) is 13.0 Å². The SMILES string of the molecule is CCCCCCCCCCCCCCCCCC(=O)OCC(=O)[C@@]1(O)CC[C@H]2[C@@H]3CCC4=CC(=O)CC[C@]4(C)[C@H]3[C@@H](O)C[C@@]21C. The van der Waals surface area contributed by atoms with Crippen molar-refractivity contribution in [3.63, 3.8) is 0 Å². The molecule has 7 atom stereocenters. The largest absolute Gasteiger partial charge is 0.458 e. The first-order chi connectivity index (χ1) is 21.6. The summed E-state index contributed by atoms with van der Waals surface area (Å²) < 4.78 is 5.41. The molecule has 0 bridgehead atoms. The Morgan fingerprint density at radius 2 is 1.42 bits per heavy atom. The lowest BCUT2D eigenvalue weighted by Crippen LogP contribution is -2.62. The molecule has 0 aromatic heterocycles. The molecular weight excluding hydrogens is 564 g/mol. The summed E-state index contributed by atoms with van der Waals surface area (Å²) in [5, 5.41) is 23.4. The molecule has 2 N–H and O–H groups in total. The molecule has 3 fully saturated rings. The van der Waals surface area contributed by atoms with E-state index in [0.717, 1.165) is 44.9 Å². The monoisotopic (exact) mass is 628 g/mol. The van der Waals surface area contributed by atoms with Crippen LogP contribution in [-0.2, 0) is 19.1 Å². The molecule has 0 unspecified atom stereocenters. The summed E-state index contributed by atoms with van der Waals surface area (Å²) in [6, 6.07) is 0. The zero-order chi connectivity index (χ0) is 32.5. The lowest BCUT2D eigenvalue weighted by Gasteiger charge is -2.60. The maximum absolute atomic E-state index is 13.5. The van der Waals surface area contributed by atoms with Crippen molar-refractivity contribution >= 4 is 17.5 Å². The number of allylic oxidation sites excluding steroid dienone is 1. The van der Waals surface area contributed by atoms with Gasteiger partial charge in [0.05, 0.1) is 6.10 Å². The van der Waals surface area contributed by atoms with Gasteiger partial charge < -0.3 is 14.9 Å². The van der Waals surface area contributed by atoms with Crippen LogP contribution < -0.4 is 0 Å². The first-order valence-electron chi connectivity index (χ1n) is 18.9. The van der Waals surface area contributed by atoms with Gasteiger partial charge in [-0.15, -0.1) is 0 Å². The molecule has 256 valence electrons. The van der Waals surface area contributed by atoms with E-state index in [4.69, 9.17) is 4.74 Å². The number of rotatable bonds is 19. The number of ether oxygens (including phenoxy) is 1. The molecule has 0 radical (unpaired) electrons. The Kier molecular flexibility index (Phi) is 13.3. The number of hydrogen-bond acceptors (Lipinski definition) is 6. The number of hydrogen-bond donors (Lipinski definition) is 2. The molecule has 4 rings (SSSR count). The number of unbranched alkanes of at least 4 members (excludes halogenated alkanes) is 14. The van der Waals surface area contributed by atoms with E-state index in [2.05, 4.69) is 13.8 Å². The summed E-state index contributed by atoms with van der Waals surface area (Å²) in [7, 11) is 0. The van der Waals surface area contributed by atoms with Crippen LogP contribution in [0.5, 0.6) is 0 Å². The van der Waals surface area contributed by atoms with Gasteiger partial charge in [0.2, 0.25) is 5.78 Å². The van der Waals surface area contributed by atoms with Crippen molar-refractivity contribution in [2.45, 2.75) is 180 Å². The molecule has 0 heterocycles. The molecule has 0 aromatic carbocycles. The summed E-state index contributed by atoms with van der Waals surface area (Å²) in [5.41, 5.74) is -1.39. The number of fused-ring (bicyclic) bond motifs is 5. The number of aliphatic hydroxyl groups is 2. The second kappa shape index (κ2) is 16.5. The molecule has 0 saturated heterocycles. The molecule has 6 heteroatoms. The van der Waals surface area contributed by atoms with E-state index in [0.29, 0.717) is 25.7 Å². The van der Waals surface area contributed by atoms with Crippen molar-refractivity contribution in [1.82, 2.24) is 0 Å². The van der Waals surface area contributed by atoms with Crippen LogP contribution >= 0.6 is 0 Å². The first kappa shape index (κ1) is 36.3. The van der Waals surface area contributed by atoms with Gasteiger partial charge in [-0.2, -0.15) is 0 Å². The minimum absolute atomic E-state index is 0.0360. The van der Waals surface area contributed by atoms with Gasteiger partial charge in [0.15, 0.2) is 12.4 Å². The Hall–Kier alpha value is -1.53. The fourth-order valence-electron chi connectivity index (χ4n) is 10.1. The molecular formula is C39H64O6. The summed E-state index contributed by atoms with van der Waals surface area (Å²) in [6.07, 6.45) is 24.9. The average Bonchev–Trinajstić information content (AvgIpc) is 3.28. The van der Waals surface area contributed by atoms with Gasteiger partial charge in [-0.1, -0.05) is 116 Å². The highest BCUT2D eigenvalue weighted by Crippen LogP contribution is 2.67. The molecule has 0 spiro atoms. The normalized spacial score (nSPS) is 34.1. The van der Waals surface area contributed by atoms with Crippen LogP contribution in [0.1, 0.15) is 168 Å². The quantitative estimate of drug-likeness (QED) is 0.110. The summed E-state index contributed by atoms with van der Waals surface area (Å²) in [6.45, 7) is 6.05. The van der Waals surface area contributed by atoms with Crippen LogP contribution in [-0.4, -0.2) is 46.1 Å². The second-order valence-electron chi connectivity index (χ2n) is 15.8. The Bertz CT molecular complexity index is 1030. The predicted octanol–water partition coefficient (Wildman–Crippen LogP) is 8.59. The van der Waals surface area contributed by atoms with Crippen LogP contribution in [0.4, 0.5) is 0 Å². The van der Waals surface area contributed by atoms with Gasteiger partial charge in [0.25, 0.3) is 0 Å². The second-order valence-corrected chi connectivity index (χ2v) is 15.8. The first-order valence-corrected chi connectivity index (χ1v) is 18.9. The van der Waals surface area contributed by atoms with Gasteiger partial charge in [-0.05, 0) is 74.2 Å². The Morgan fingerprint density at radius 3 is 2.02 bits per heavy atom. The van der Waals surface area contributed by atoms with Gasteiger partial charge in [-0.25, -0.2) is 0 Å². The fourth-order valence-corrected chi connectivity index (χ4v) is 10.1. The smallest absolute Gasteiger partial charge is 0.306 e. The van der Waals surface area contributed by atoms with Crippen LogP contribution in [0.25, 0.3) is 0 Å². The minimum Gasteiger partial charge on any atom is -0.458 e. The fraction of sp³-hybridized carbons (Fsp3) is 0.872. The number of Topliss-reactive ketones (excluding diaryl/α,β-unsaturated/α-hetero) is 1. The maximum atomic E-state index is 13.5. The zero-order valence-corrected chi connectivity index (χ0v) is 28.9. The minimum atomic E-state index is -1.60. The number of ketones is 2. The molecule has 4 aliphatic carbocycles. The van der Waals surface area contributed by atoms with Crippen molar-refractivity contribution in [3.05, 3.63) is 11.6 Å². The Labute approximate surface area is 273 Å². The van der Waals surface area contributed by atoms with Crippen molar-refractivity contribution < 1.29 is 29.3 Å². The molecule has 45 heavy (non-hydrogen) atoms. The maximum Gasteiger partial charge on any atom is 0.306 e. The molecule has 3 saturated carbocycles.